The Hall–Kier alpha value is -3.92. The van der Waals surface area contributed by atoms with E-state index < -0.39 is 34.3 Å². The van der Waals surface area contributed by atoms with E-state index in [9.17, 15) is 22.4 Å². The molecule has 1 fully saturated rings. The molecule has 0 aromatic heterocycles. The molecule has 1 aliphatic rings. The molecule has 224 valence electrons. The minimum Gasteiger partial charge on any atom is -0.497 e. The second-order valence-electron chi connectivity index (χ2n) is 10.4. The zero-order chi connectivity index (χ0) is 30.1. The molecule has 2 amide bonds. The summed E-state index contributed by atoms with van der Waals surface area (Å²) in [5.74, 6) is -0.717. The van der Waals surface area contributed by atoms with Gasteiger partial charge in [-0.1, -0.05) is 56.5 Å². The molecule has 0 saturated heterocycles. The van der Waals surface area contributed by atoms with E-state index in [1.54, 1.807) is 54.6 Å². The van der Waals surface area contributed by atoms with Crippen molar-refractivity contribution in [3.05, 3.63) is 90.2 Å². The summed E-state index contributed by atoms with van der Waals surface area (Å²) >= 11 is 0. The summed E-state index contributed by atoms with van der Waals surface area (Å²) < 4.78 is 47.7. The Bertz CT molecular complexity index is 1430. The van der Waals surface area contributed by atoms with Gasteiger partial charge in [-0.15, -0.1) is 0 Å². The number of hydrogen-bond acceptors (Lipinski definition) is 5. The molecular weight excluding hydrogens is 557 g/mol. The zero-order valence-corrected chi connectivity index (χ0v) is 24.9. The molecule has 0 radical (unpaired) electrons. The summed E-state index contributed by atoms with van der Waals surface area (Å²) in [5, 5.41) is 3.12. The molecule has 10 heteroatoms. The number of ether oxygens (including phenoxy) is 1. The molecule has 8 nitrogen and oxygen atoms in total. The van der Waals surface area contributed by atoms with Crippen LogP contribution < -0.4 is 14.4 Å². The van der Waals surface area contributed by atoms with E-state index in [1.165, 1.54) is 36.3 Å². The van der Waals surface area contributed by atoms with Crippen molar-refractivity contribution in [2.45, 2.75) is 69.0 Å². The number of carbonyl (C=O) groups excluding carboxylic acids is 2. The van der Waals surface area contributed by atoms with Crippen molar-refractivity contribution in [1.82, 2.24) is 10.2 Å². The second kappa shape index (κ2) is 14.3. The number of hydrogen-bond donors (Lipinski definition) is 1. The van der Waals surface area contributed by atoms with E-state index >= 15 is 0 Å². The largest absolute Gasteiger partial charge is 0.497 e. The van der Waals surface area contributed by atoms with Crippen molar-refractivity contribution < 1.29 is 27.1 Å². The highest BCUT2D eigenvalue weighted by Gasteiger charge is 2.34. The maximum Gasteiger partial charge on any atom is 0.264 e. The Morgan fingerprint density at radius 1 is 0.952 bits per heavy atom. The van der Waals surface area contributed by atoms with Crippen LogP contribution in [0.4, 0.5) is 10.1 Å². The number of nitrogens with one attached hydrogen (secondary N) is 1. The van der Waals surface area contributed by atoms with E-state index in [1.807, 2.05) is 6.92 Å². The third-order valence-electron chi connectivity index (χ3n) is 7.57. The number of amides is 2. The van der Waals surface area contributed by atoms with Gasteiger partial charge < -0.3 is 15.0 Å². The fourth-order valence-corrected chi connectivity index (χ4v) is 6.68. The first-order chi connectivity index (χ1) is 20.2. The Labute approximate surface area is 247 Å². The molecule has 3 aromatic carbocycles. The van der Waals surface area contributed by atoms with Crippen molar-refractivity contribution in [2.75, 3.05) is 18.0 Å². The molecule has 1 atom stereocenters. The van der Waals surface area contributed by atoms with E-state index in [0.717, 1.165) is 36.4 Å². The lowest BCUT2D eigenvalue weighted by Crippen LogP contribution is -2.54. The van der Waals surface area contributed by atoms with Gasteiger partial charge in [-0.3, -0.25) is 13.9 Å². The van der Waals surface area contributed by atoms with E-state index in [0.29, 0.717) is 17.7 Å². The van der Waals surface area contributed by atoms with Crippen LogP contribution in [0.3, 0.4) is 0 Å². The second-order valence-corrected chi connectivity index (χ2v) is 12.3. The molecule has 0 bridgehead atoms. The number of nitrogens with zero attached hydrogens (tertiary/aromatic N) is 2. The highest BCUT2D eigenvalue weighted by atomic mass is 32.2. The quantitative estimate of drug-likeness (QED) is 0.307. The van der Waals surface area contributed by atoms with Crippen molar-refractivity contribution >= 4 is 27.5 Å². The van der Waals surface area contributed by atoms with Crippen LogP contribution in [0, 0.1) is 5.82 Å². The summed E-state index contributed by atoms with van der Waals surface area (Å²) in [7, 11) is -2.65. The smallest absolute Gasteiger partial charge is 0.264 e. The molecule has 1 aliphatic carbocycles. The number of benzene rings is 3. The Morgan fingerprint density at radius 3 is 2.19 bits per heavy atom. The van der Waals surface area contributed by atoms with E-state index in [-0.39, 0.29) is 29.1 Å². The highest BCUT2D eigenvalue weighted by molar-refractivity contribution is 7.92. The third kappa shape index (κ3) is 7.67. The van der Waals surface area contributed by atoms with E-state index in [2.05, 4.69) is 5.32 Å². The SMILES string of the molecule is CCC(C(=O)NC1CCCCC1)N(Cc1ccc(F)cc1)C(=O)CN(c1ccc(OC)cc1)S(=O)(=O)c1ccccc1. The summed E-state index contributed by atoms with van der Waals surface area (Å²) in [6.45, 7) is 1.29. The van der Waals surface area contributed by atoms with E-state index in [4.69, 9.17) is 4.74 Å². The molecule has 42 heavy (non-hydrogen) atoms. The number of rotatable bonds is 12. The van der Waals surface area contributed by atoms with Gasteiger partial charge >= 0.3 is 0 Å². The number of halogens is 1. The monoisotopic (exact) mass is 595 g/mol. The van der Waals surface area contributed by atoms with Gasteiger partial charge in [0.25, 0.3) is 10.0 Å². The Kier molecular flexibility index (Phi) is 10.6. The fourth-order valence-electron chi connectivity index (χ4n) is 5.25. The average molecular weight is 596 g/mol. The summed E-state index contributed by atoms with van der Waals surface area (Å²) in [5.41, 5.74) is 0.894. The number of sulfonamides is 1. The van der Waals surface area contributed by atoms with Gasteiger partial charge in [0.2, 0.25) is 11.8 Å². The van der Waals surface area contributed by atoms with Gasteiger partial charge in [-0.25, -0.2) is 12.8 Å². The molecule has 0 spiro atoms. The van der Waals surface area contributed by atoms with Crippen molar-refractivity contribution in [3.63, 3.8) is 0 Å². The highest BCUT2D eigenvalue weighted by Crippen LogP contribution is 2.27. The lowest BCUT2D eigenvalue weighted by molar-refractivity contribution is -0.140. The van der Waals surface area contributed by atoms with Crippen LogP contribution in [-0.2, 0) is 26.2 Å². The van der Waals surface area contributed by atoms with Crippen LogP contribution in [0.2, 0.25) is 0 Å². The van der Waals surface area contributed by atoms with Crippen LogP contribution in [0.5, 0.6) is 5.75 Å². The predicted molar refractivity (Wildman–Crippen MR) is 160 cm³/mol. The number of methoxy groups -OCH3 is 1. The van der Waals surface area contributed by atoms with Crippen molar-refractivity contribution in [3.8, 4) is 5.75 Å². The van der Waals surface area contributed by atoms with Crippen molar-refractivity contribution in [2.24, 2.45) is 0 Å². The number of anilines is 1. The molecular formula is C32H38FN3O5S. The molecule has 0 aliphatic heterocycles. The molecule has 1 saturated carbocycles. The summed E-state index contributed by atoms with van der Waals surface area (Å²) in [4.78, 5) is 29.1. The minimum atomic E-state index is -4.16. The Morgan fingerprint density at radius 2 is 1.60 bits per heavy atom. The van der Waals surface area contributed by atoms with Crippen LogP contribution in [0.1, 0.15) is 51.0 Å². The van der Waals surface area contributed by atoms with Gasteiger partial charge in [-0.2, -0.15) is 0 Å². The number of carbonyl (C=O) groups is 2. The molecule has 1 N–H and O–H groups in total. The van der Waals surface area contributed by atoms with Crippen LogP contribution in [0.25, 0.3) is 0 Å². The van der Waals surface area contributed by atoms with Gasteiger partial charge in [0.1, 0.15) is 24.2 Å². The van der Waals surface area contributed by atoms with Gasteiger partial charge in [0, 0.05) is 12.6 Å². The molecule has 0 heterocycles. The van der Waals surface area contributed by atoms with Gasteiger partial charge in [0.15, 0.2) is 0 Å². The zero-order valence-electron chi connectivity index (χ0n) is 24.0. The predicted octanol–water partition coefficient (Wildman–Crippen LogP) is 5.29. The Balaban J connectivity index is 1.69. The topological polar surface area (TPSA) is 96.0 Å². The summed E-state index contributed by atoms with van der Waals surface area (Å²) in [6, 6.07) is 19.2. The maximum absolute atomic E-state index is 14.1. The van der Waals surface area contributed by atoms with Crippen molar-refractivity contribution in [1.29, 1.82) is 0 Å². The first-order valence-electron chi connectivity index (χ1n) is 14.3. The molecule has 1 unspecified atom stereocenters. The fraction of sp³-hybridized carbons (Fsp3) is 0.375. The first-order valence-corrected chi connectivity index (χ1v) is 15.7. The third-order valence-corrected chi connectivity index (χ3v) is 9.36. The van der Waals surface area contributed by atoms with Gasteiger partial charge in [-0.05, 0) is 73.4 Å². The lowest BCUT2D eigenvalue weighted by atomic mass is 9.95. The average Bonchev–Trinajstić information content (AvgIpc) is 3.01. The first kappa shape index (κ1) is 31.0. The lowest BCUT2D eigenvalue weighted by Gasteiger charge is -2.34. The van der Waals surface area contributed by atoms with Gasteiger partial charge in [0.05, 0.1) is 17.7 Å². The molecule has 3 aromatic rings. The normalized spacial score (nSPS) is 14.5. The maximum atomic E-state index is 14.1. The standard InChI is InChI=1S/C32H38FN3O5S/c1-3-30(32(38)34-26-10-6-4-7-11-26)35(22-24-14-16-25(33)17-15-24)31(37)23-36(27-18-20-28(41-2)21-19-27)42(39,40)29-12-8-5-9-13-29/h5,8-9,12-21,26,30H,3-4,6-7,10-11,22-23H2,1-2H3,(H,34,38). The van der Waals surface area contributed by atoms with Crippen LogP contribution in [-0.4, -0.2) is 50.9 Å². The summed E-state index contributed by atoms with van der Waals surface area (Å²) in [6.07, 6.45) is 5.29. The van der Waals surface area contributed by atoms with Crippen LogP contribution >= 0.6 is 0 Å². The van der Waals surface area contributed by atoms with Crippen LogP contribution in [0.15, 0.2) is 83.8 Å². The minimum absolute atomic E-state index is 0.0115. The molecule has 4 rings (SSSR count).